The second-order valence-corrected chi connectivity index (χ2v) is 15.0. The number of aliphatic hydroxyl groups excluding tert-OH is 3. The van der Waals surface area contributed by atoms with Crippen LogP contribution in [0.15, 0.2) is 11.6 Å². The van der Waals surface area contributed by atoms with Crippen molar-refractivity contribution in [1.29, 1.82) is 0 Å². The standard InChI is InChI=1S/C30H50O3/c1-17-9-11-27(5)13-14-29(7)19(23(27)18(17)2)15-20(31)24-28(6)16-21(32)25(33)26(3,4)22(28)10-12-30(24,29)8/h15,17-18,20-25,31-33H,9-14,16H2,1-8H3. The second-order valence-electron chi connectivity index (χ2n) is 15.0. The molecule has 5 aliphatic carbocycles. The number of hydrogen-bond acceptors (Lipinski definition) is 3. The predicted octanol–water partition coefficient (Wildman–Crippen LogP) is 5.97. The van der Waals surface area contributed by atoms with Crippen molar-refractivity contribution in [3.05, 3.63) is 11.6 Å². The zero-order valence-corrected chi connectivity index (χ0v) is 22.5. The summed E-state index contributed by atoms with van der Waals surface area (Å²) in [7, 11) is 0. The van der Waals surface area contributed by atoms with Crippen LogP contribution >= 0.6 is 0 Å². The van der Waals surface area contributed by atoms with E-state index in [9.17, 15) is 15.3 Å². The number of rotatable bonds is 0. The van der Waals surface area contributed by atoms with Gasteiger partial charge in [-0.15, -0.1) is 0 Å². The molecule has 0 radical (unpaired) electrons. The van der Waals surface area contributed by atoms with Gasteiger partial charge in [-0.1, -0.05) is 67.0 Å². The first-order valence-corrected chi connectivity index (χ1v) is 13.9. The highest BCUT2D eigenvalue weighted by molar-refractivity contribution is 5.35. The lowest BCUT2D eigenvalue weighted by molar-refractivity contribution is -0.247. The third-order valence-electron chi connectivity index (χ3n) is 13.3. The maximum atomic E-state index is 12.0. The molecule has 0 aromatic rings. The Bertz CT molecular complexity index is 847. The lowest BCUT2D eigenvalue weighted by atomic mass is 9.33. The highest BCUT2D eigenvalue weighted by Gasteiger charge is 2.70. The Balaban J connectivity index is 1.64. The van der Waals surface area contributed by atoms with Crippen LogP contribution < -0.4 is 0 Å². The summed E-state index contributed by atoms with van der Waals surface area (Å²) < 4.78 is 0. The van der Waals surface area contributed by atoms with E-state index in [1.807, 2.05) is 0 Å². The van der Waals surface area contributed by atoms with E-state index < -0.39 is 18.3 Å². The van der Waals surface area contributed by atoms with Crippen molar-refractivity contribution in [2.75, 3.05) is 0 Å². The third-order valence-corrected chi connectivity index (χ3v) is 13.3. The average molecular weight is 459 g/mol. The zero-order chi connectivity index (χ0) is 24.4. The molecule has 5 rings (SSSR count). The maximum absolute atomic E-state index is 12.0. The van der Waals surface area contributed by atoms with Gasteiger partial charge in [0.1, 0.15) is 0 Å². The van der Waals surface area contributed by atoms with Gasteiger partial charge >= 0.3 is 0 Å². The summed E-state index contributed by atoms with van der Waals surface area (Å²) in [6, 6.07) is 0. The summed E-state index contributed by atoms with van der Waals surface area (Å²) in [5.41, 5.74) is 1.48. The molecule has 3 N–H and O–H groups in total. The lowest BCUT2D eigenvalue weighted by Crippen LogP contribution is -2.69. The van der Waals surface area contributed by atoms with Crippen molar-refractivity contribution in [2.24, 2.45) is 56.7 Å². The van der Waals surface area contributed by atoms with Gasteiger partial charge in [0.15, 0.2) is 0 Å². The van der Waals surface area contributed by atoms with Gasteiger partial charge in [0.05, 0.1) is 18.3 Å². The molecule has 0 aliphatic heterocycles. The van der Waals surface area contributed by atoms with E-state index in [1.165, 1.54) is 25.7 Å². The summed E-state index contributed by atoms with van der Waals surface area (Å²) in [6.45, 7) is 19.1. The molecule has 0 aromatic heterocycles. The Morgan fingerprint density at radius 2 is 1.52 bits per heavy atom. The van der Waals surface area contributed by atoms with Crippen molar-refractivity contribution in [2.45, 2.75) is 119 Å². The first-order chi connectivity index (χ1) is 15.1. The molecule has 5 aliphatic rings. The van der Waals surface area contributed by atoms with Gasteiger partial charge in [-0.3, -0.25) is 0 Å². The summed E-state index contributed by atoms with van der Waals surface area (Å²) in [5, 5.41) is 33.8. The molecule has 12 atom stereocenters. The van der Waals surface area contributed by atoms with E-state index in [0.717, 1.165) is 18.8 Å². The Labute approximate surface area is 202 Å². The molecule has 0 saturated heterocycles. The third kappa shape index (κ3) is 2.85. The first-order valence-electron chi connectivity index (χ1n) is 13.9. The average Bonchev–Trinajstić information content (AvgIpc) is 2.71. The maximum Gasteiger partial charge on any atom is 0.0852 e. The van der Waals surface area contributed by atoms with E-state index in [1.54, 1.807) is 5.57 Å². The van der Waals surface area contributed by atoms with Gasteiger partial charge in [0.25, 0.3) is 0 Å². The molecule has 3 nitrogen and oxygen atoms in total. The van der Waals surface area contributed by atoms with Gasteiger partial charge in [-0.05, 0) is 95.7 Å². The van der Waals surface area contributed by atoms with Gasteiger partial charge < -0.3 is 15.3 Å². The number of aliphatic hydroxyl groups is 3. The van der Waals surface area contributed by atoms with Crippen LogP contribution in [0.1, 0.15) is 100 Å². The number of fused-ring (bicyclic) bond motifs is 7. The minimum absolute atomic E-state index is 0.00157. The predicted molar refractivity (Wildman–Crippen MR) is 133 cm³/mol. The van der Waals surface area contributed by atoms with E-state index in [4.69, 9.17) is 0 Å². The van der Waals surface area contributed by atoms with Crippen LogP contribution in [0, 0.1) is 56.7 Å². The molecule has 0 spiro atoms. The van der Waals surface area contributed by atoms with Gasteiger partial charge in [-0.2, -0.15) is 0 Å². The fraction of sp³-hybridized carbons (Fsp3) is 0.933. The molecule has 12 unspecified atom stereocenters. The number of hydrogen-bond donors (Lipinski definition) is 3. The monoisotopic (exact) mass is 458 g/mol. The summed E-state index contributed by atoms with van der Waals surface area (Å²) in [4.78, 5) is 0. The molecule has 4 saturated carbocycles. The molecule has 3 heteroatoms. The van der Waals surface area contributed by atoms with Crippen molar-refractivity contribution in [3.63, 3.8) is 0 Å². The van der Waals surface area contributed by atoms with Crippen LogP contribution in [0.2, 0.25) is 0 Å². The molecule has 0 heterocycles. The van der Waals surface area contributed by atoms with Crippen LogP contribution in [0.4, 0.5) is 0 Å². The first kappa shape index (κ1) is 24.3. The van der Waals surface area contributed by atoms with Crippen LogP contribution in [-0.2, 0) is 0 Å². The van der Waals surface area contributed by atoms with Crippen molar-refractivity contribution < 1.29 is 15.3 Å². The van der Waals surface area contributed by atoms with Crippen molar-refractivity contribution in [1.82, 2.24) is 0 Å². The zero-order valence-electron chi connectivity index (χ0n) is 22.5. The SMILES string of the molecule is CC1CCC2(C)CCC3(C)C(=CC(O)C4C5(C)CC(O)C(O)C(C)(C)C5CCC43C)C2C1C. The normalized spacial score (nSPS) is 60.0. The van der Waals surface area contributed by atoms with Gasteiger partial charge in [0.2, 0.25) is 0 Å². The molecule has 33 heavy (non-hydrogen) atoms. The fourth-order valence-electron chi connectivity index (χ4n) is 11.1. The molecule has 188 valence electrons. The van der Waals surface area contributed by atoms with Crippen LogP contribution in [0.25, 0.3) is 0 Å². The van der Waals surface area contributed by atoms with Crippen molar-refractivity contribution >= 4 is 0 Å². The minimum atomic E-state index is -0.720. The van der Waals surface area contributed by atoms with E-state index in [-0.39, 0.29) is 27.6 Å². The molecular weight excluding hydrogens is 408 g/mol. The molecule has 0 amide bonds. The number of allylic oxidation sites excluding steroid dienone is 1. The van der Waals surface area contributed by atoms with Crippen LogP contribution in [0.5, 0.6) is 0 Å². The highest BCUT2D eigenvalue weighted by atomic mass is 16.3. The summed E-state index contributed by atoms with van der Waals surface area (Å²) >= 11 is 0. The van der Waals surface area contributed by atoms with Gasteiger partial charge in [0, 0.05) is 5.92 Å². The van der Waals surface area contributed by atoms with Gasteiger partial charge in [-0.25, -0.2) is 0 Å². The van der Waals surface area contributed by atoms with E-state index in [2.05, 4.69) is 61.5 Å². The Kier molecular flexibility index (Phi) is 5.23. The molecule has 4 fully saturated rings. The van der Waals surface area contributed by atoms with Crippen LogP contribution in [0.3, 0.4) is 0 Å². The van der Waals surface area contributed by atoms with E-state index >= 15 is 0 Å². The quantitative estimate of drug-likeness (QED) is 0.392. The second kappa shape index (κ2) is 7.10. The topological polar surface area (TPSA) is 60.7 Å². The molecular formula is C30H50O3. The lowest BCUT2D eigenvalue weighted by Gasteiger charge is -2.72. The Morgan fingerprint density at radius 3 is 2.18 bits per heavy atom. The smallest absolute Gasteiger partial charge is 0.0852 e. The molecule has 0 bridgehead atoms. The Morgan fingerprint density at radius 1 is 0.848 bits per heavy atom. The largest absolute Gasteiger partial charge is 0.390 e. The van der Waals surface area contributed by atoms with E-state index in [0.29, 0.717) is 29.6 Å². The van der Waals surface area contributed by atoms with Crippen LogP contribution in [-0.4, -0.2) is 33.6 Å². The molecule has 0 aromatic carbocycles. The summed E-state index contributed by atoms with van der Waals surface area (Å²) in [5.74, 6) is 2.36. The minimum Gasteiger partial charge on any atom is -0.390 e. The summed E-state index contributed by atoms with van der Waals surface area (Å²) in [6.07, 6.45) is 8.33. The van der Waals surface area contributed by atoms with Crippen molar-refractivity contribution in [3.8, 4) is 0 Å². The Hall–Kier alpha value is -0.380. The highest BCUT2D eigenvalue weighted by Crippen LogP contribution is 2.75. The fourth-order valence-corrected chi connectivity index (χ4v) is 11.1.